The Balaban J connectivity index is 1.45. The third-order valence-electron chi connectivity index (χ3n) is 4.43. The van der Waals surface area contributed by atoms with Crippen molar-refractivity contribution in [1.29, 1.82) is 0 Å². The van der Waals surface area contributed by atoms with Crippen LogP contribution in [0.5, 0.6) is 11.5 Å². The Hall–Kier alpha value is -3.65. The molecular formula is C23H21N3O4S. The molecule has 0 saturated heterocycles. The molecule has 2 aromatic heterocycles. The Morgan fingerprint density at radius 3 is 2.71 bits per heavy atom. The topological polar surface area (TPSA) is 81.9 Å². The van der Waals surface area contributed by atoms with Crippen LogP contribution in [0.3, 0.4) is 0 Å². The number of nitrogens with one attached hydrogen (secondary N) is 1. The maximum absolute atomic E-state index is 12.4. The number of carbonyl (C=O) groups excluding carboxylic acids is 1. The Kier molecular flexibility index (Phi) is 5.99. The molecule has 7 nitrogen and oxygen atoms in total. The molecule has 4 aromatic rings. The van der Waals surface area contributed by atoms with E-state index in [9.17, 15) is 9.59 Å². The number of aromatic nitrogens is 2. The van der Waals surface area contributed by atoms with E-state index in [1.54, 1.807) is 24.4 Å². The first-order chi connectivity index (χ1) is 15.0. The fourth-order valence-corrected chi connectivity index (χ4v) is 3.85. The van der Waals surface area contributed by atoms with Crippen LogP contribution >= 0.6 is 11.3 Å². The number of carbonyl (C=O) groups is 1. The number of nitrogens with zero attached hydrogens (tertiary/aromatic N) is 2. The Bertz CT molecular complexity index is 1280. The predicted octanol–water partition coefficient (Wildman–Crippen LogP) is 3.97. The smallest absolute Gasteiger partial charge is 0.262 e. The van der Waals surface area contributed by atoms with Gasteiger partial charge in [0, 0.05) is 17.1 Å². The number of ether oxygens (including phenoxy) is 2. The Morgan fingerprint density at radius 1 is 1.10 bits per heavy atom. The van der Waals surface area contributed by atoms with Crippen LogP contribution in [0.4, 0.5) is 5.69 Å². The molecule has 0 spiro atoms. The van der Waals surface area contributed by atoms with Crippen molar-refractivity contribution in [3.8, 4) is 11.5 Å². The van der Waals surface area contributed by atoms with Gasteiger partial charge in [-0.25, -0.2) is 4.98 Å². The molecule has 4 rings (SSSR count). The first-order valence-corrected chi connectivity index (χ1v) is 10.5. The van der Waals surface area contributed by atoms with E-state index in [0.717, 1.165) is 10.4 Å². The van der Waals surface area contributed by atoms with E-state index in [1.165, 1.54) is 21.8 Å². The van der Waals surface area contributed by atoms with Crippen molar-refractivity contribution in [2.24, 2.45) is 0 Å². The average molecular weight is 436 g/mol. The van der Waals surface area contributed by atoms with E-state index in [1.807, 2.05) is 44.2 Å². The summed E-state index contributed by atoms with van der Waals surface area (Å²) in [6.07, 6.45) is 1.77. The minimum absolute atomic E-state index is 0.106. The molecule has 0 unspecified atom stereocenters. The zero-order valence-corrected chi connectivity index (χ0v) is 17.9. The molecule has 1 N–H and O–H groups in total. The third kappa shape index (κ3) is 5.10. The van der Waals surface area contributed by atoms with Crippen molar-refractivity contribution in [1.82, 2.24) is 9.38 Å². The number of anilines is 1. The number of aryl methyl sites for hydroxylation is 2. The summed E-state index contributed by atoms with van der Waals surface area (Å²) in [5.74, 6) is 0.809. The van der Waals surface area contributed by atoms with Gasteiger partial charge >= 0.3 is 0 Å². The minimum atomic E-state index is -0.300. The average Bonchev–Trinajstić information content (AvgIpc) is 3.13. The van der Waals surface area contributed by atoms with Gasteiger partial charge in [0.2, 0.25) is 0 Å². The lowest BCUT2D eigenvalue weighted by atomic mass is 10.2. The standard InChI is InChI=1S/C23H21N3O4S/c1-15-8-9-20(19(10-15)25-21(27)14-29-18-6-4-3-5-7-18)30-13-17-11-22(28)26-12-16(2)31-23(26)24-17/h3-12H,13-14H2,1-2H3,(H,25,27). The van der Waals surface area contributed by atoms with E-state index in [4.69, 9.17) is 9.47 Å². The van der Waals surface area contributed by atoms with Crippen molar-refractivity contribution >= 4 is 27.9 Å². The molecule has 0 aliphatic rings. The molecule has 0 atom stereocenters. The lowest BCUT2D eigenvalue weighted by molar-refractivity contribution is -0.118. The summed E-state index contributed by atoms with van der Waals surface area (Å²) in [5, 5.41) is 2.83. The van der Waals surface area contributed by atoms with Crippen molar-refractivity contribution in [3.05, 3.63) is 87.3 Å². The molecule has 2 aromatic carbocycles. The molecule has 158 valence electrons. The zero-order valence-electron chi connectivity index (χ0n) is 17.1. The monoisotopic (exact) mass is 435 g/mol. The van der Waals surface area contributed by atoms with Crippen LogP contribution in [0.25, 0.3) is 4.96 Å². The molecule has 8 heteroatoms. The maximum atomic E-state index is 12.4. The van der Waals surface area contributed by atoms with Gasteiger partial charge in [0.15, 0.2) is 11.6 Å². The minimum Gasteiger partial charge on any atom is -0.485 e. The number of para-hydroxylation sites is 1. The lowest BCUT2D eigenvalue weighted by Gasteiger charge is -2.14. The molecule has 0 fully saturated rings. The maximum Gasteiger partial charge on any atom is 0.262 e. The number of hydrogen-bond donors (Lipinski definition) is 1. The van der Waals surface area contributed by atoms with Crippen LogP contribution in [0.2, 0.25) is 0 Å². The molecule has 31 heavy (non-hydrogen) atoms. The van der Waals surface area contributed by atoms with E-state index in [-0.39, 0.29) is 24.7 Å². The summed E-state index contributed by atoms with van der Waals surface area (Å²) in [7, 11) is 0. The fourth-order valence-electron chi connectivity index (χ4n) is 3.00. The Labute approximate surface area is 182 Å². The van der Waals surface area contributed by atoms with Gasteiger partial charge in [-0.15, -0.1) is 11.3 Å². The van der Waals surface area contributed by atoms with Gasteiger partial charge in [-0.05, 0) is 43.7 Å². The number of thiazole rings is 1. The second-order valence-corrected chi connectivity index (χ2v) is 8.23. The predicted molar refractivity (Wildman–Crippen MR) is 120 cm³/mol. The third-order valence-corrected chi connectivity index (χ3v) is 5.33. The fraction of sp³-hybridized carbons (Fsp3) is 0.174. The highest BCUT2D eigenvalue weighted by Gasteiger charge is 2.11. The molecule has 0 bridgehead atoms. The van der Waals surface area contributed by atoms with E-state index >= 15 is 0 Å². The lowest BCUT2D eigenvalue weighted by Crippen LogP contribution is -2.20. The normalized spacial score (nSPS) is 10.8. The number of hydrogen-bond acceptors (Lipinski definition) is 6. The van der Waals surface area contributed by atoms with Crippen molar-refractivity contribution in [3.63, 3.8) is 0 Å². The highest BCUT2D eigenvalue weighted by molar-refractivity contribution is 7.16. The van der Waals surface area contributed by atoms with Gasteiger partial charge < -0.3 is 14.8 Å². The molecular weight excluding hydrogens is 414 g/mol. The molecule has 0 aliphatic carbocycles. The number of fused-ring (bicyclic) bond motifs is 1. The van der Waals surface area contributed by atoms with Gasteiger partial charge in [-0.2, -0.15) is 0 Å². The van der Waals surface area contributed by atoms with Gasteiger partial charge in [0.1, 0.15) is 18.1 Å². The van der Waals surface area contributed by atoms with Crippen LogP contribution in [-0.4, -0.2) is 21.9 Å². The number of benzene rings is 2. The zero-order chi connectivity index (χ0) is 21.8. The van der Waals surface area contributed by atoms with Crippen LogP contribution in [0.15, 0.2) is 65.6 Å². The summed E-state index contributed by atoms with van der Waals surface area (Å²) in [5.41, 5.74) is 1.88. The quantitative estimate of drug-likeness (QED) is 0.475. The summed E-state index contributed by atoms with van der Waals surface area (Å²) >= 11 is 1.44. The second kappa shape index (κ2) is 9.01. The van der Waals surface area contributed by atoms with Crippen LogP contribution in [0, 0.1) is 13.8 Å². The SMILES string of the molecule is Cc1ccc(OCc2cc(=O)n3cc(C)sc3n2)c(NC(=O)COc2ccccc2)c1. The van der Waals surface area contributed by atoms with Crippen LogP contribution in [0.1, 0.15) is 16.1 Å². The van der Waals surface area contributed by atoms with Crippen molar-refractivity contribution in [2.75, 3.05) is 11.9 Å². The van der Waals surface area contributed by atoms with Crippen LogP contribution in [-0.2, 0) is 11.4 Å². The van der Waals surface area contributed by atoms with Gasteiger partial charge in [-0.1, -0.05) is 24.3 Å². The molecule has 2 heterocycles. The largest absolute Gasteiger partial charge is 0.485 e. The van der Waals surface area contributed by atoms with E-state index in [0.29, 0.717) is 27.8 Å². The van der Waals surface area contributed by atoms with E-state index in [2.05, 4.69) is 10.3 Å². The number of amides is 1. The van der Waals surface area contributed by atoms with Crippen LogP contribution < -0.4 is 20.3 Å². The molecule has 0 saturated carbocycles. The summed E-state index contributed by atoms with van der Waals surface area (Å²) in [6, 6.07) is 16.1. The molecule has 1 amide bonds. The molecule has 0 aliphatic heterocycles. The molecule has 0 radical (unpaired) electrons. The summed E-state index contributed by atoms with van der Waals surface area (Å²) < 4.78 is 12.9. The number of rotatable bonds is 7. The summed E-state index contributed by atoms with van der Waals surface area (Å²) in [4.78, 5) is 30.8. The van der Waals surface area contributed by atoms with Gasteiger partial charge in [0.05, 0.1) is 11.4 Å². The van der Waals surface area contributed by atoms with Gasteiger partial charge in [0.25, 0.3) is 11.5 Å². The van der Waals surface area contributed by atoms with Gasteiger partial charge in [-0.3, -0.25) is 14.0 Å². The van der Waals surface area contributed by atoms with Crippen molar-refractivity contribution < 1.29 is 14.3 Å². The highest BCUT2D eigenvalue weighted by Crippen LogP contribution is 2.26. The van der Waals surface area contributed by atoms with Crippen molar-refractivity contribution in [2.45, 2.75) is 20.5 Å². The Morgan fingerprint density at radius 2 is 1.90 bits per heavy atom. The first-order valence-electron chi connectivity index (χ1n) is 9.68. The van der Waals surface area contributed by atoms with E-state index < -0.39 is 0 Å². The highest BCUT2D eigenvalue weighted by atomic mass is 32.1. The second-order valence-electron chi connectivity index (χ2n) is 7.02. The summed E-state index contributed by atoms with van der Waals surface area (Å²) in [6.45, 7) is 3.84. The first kappa shape index (κ1) is 20.6.